The second-order valence-electron chi connectivity index (χ2n) is 3.97. The summed E-state index contributed by atoms with van der Waals surface area (Å²) < 4.78 is 6.06. The molecule has 0 heterocycles. The molecule has 0 radical (unpaired) electrons. The Hall–Kier alpha value is -0.790. The van der Waals surface area contributed by atoms with Crippen LogP contribution in [0.4, 0.5) is 5.69 Å². The Morgan fingerprint density at radius 2 is 2.26 bits per heavy atom. The molecule has 0 aliphatic carbocycles. The maximum Gasteiger partial charge on any atom is 0.312 e. The van der Waals surface area contributed by atoms with Gasteiger partial charge in [-0.05, 0) is 31.4 Å². The Morgan fingerprint density at radius 1 is 1.58 bits per heavy atom. The molecule has 0 aliphatic rings. The van der Waals surface area contributed by atoms with Gasteiger partial charge in [-0.25, -0.2) is 0 Å². The van der Waals surface area contributed by atoms with Gasteiger partial charge in [-0.2, -0.15) is 11.8 Å². The van der Waals surface area contributed by atoms with Crippen molar-refractivity contribution in [3.63, 3.8) is 0 Å². The molecule has 1 rings (SSSR count). The van der Waals surface area contributed by atoms with E-state index >= 15 is 0 Å². The number of thioether (sulfide) groups is 1. The Morgan fingerprint density at radius 3 is 2.79 bits per heavy atom. The molecule has 1 aromatic rings. The predicted molar refractivity (Wildman–Crippen MR) is 79.9 cm³/mol. The molecule has 7 heteroatoms. The number of hydrogen-bond acceptors (Lipinski definition) is 5. The number of nitrogens with zero attached hydrogens (tertiary/aromatic N) is 1. The third-order valence-corrected chi connectivity index (χ3v) is 3.60. The quantitative estimate of drug-likeness (QED) is 0.463. The van der Waals surface area contributed by atoms with Gasteiger partial charge in [-0.15, -0.1) is 0 Å². The van der Waals surface area contributed by atoms with Crippen molar-refractivity contribution in [2.45, 2.75) is 19.4 Å². The van der Waals surface area contributed by atoms with Crippen molar-refractivity contribution in [3.05, 3.63) is 32.3 Å². The lowest BCUT2D eigenvalue weighted by atomic mass is 10.1. The third kappa shape index (κ3) is 4.67. The molecule has 19 heavy (non-hydrogen) atoms. The average Bonchev–Trinajstić information content (AvgIpc) is 2.34. The monoisotopic (exact) mass is 349 g/mol. The van der Waals surface area contributed by atoms with Crippen LogP contribution >= 0.6 is 27.7 Å². The van der Waals surface area contributed by atoms with E-state index in [2.05, 4.69) is 15.9 Å². The number of halogens is 1. The first-order valence-corrected chi connectivity index (χ1v) is 7.93. The van der Waals surface area contributed by atoms with Gasteiger partial charge in [0.1, 0.15) is 0 Å². The lowest BCUT2D eigenvalue weighted by Gasteiger charge is -2.14. The Labute approximate surface area is 124 Å². The van der Waals surface area contributed by atoms with Gasteiger partial charge in [0.05, 0.1) is 17.6 Å². The van der Waals surface area contributed by atoms with Gasteiger partial charge in [0.25, 0.3) is 0 Å². The standard InChI is InChI=1S/C12H16BrNO4S/c1-8(15)10-6-9(13)7-11(14(16)17)12(10)18-4-3-5-19-2/h6-8,15H,3-5H2,1-2H3/t8-/m0/s1. The van der Waals surface area contributed by atoms with E-state index in [1.54, 1.807) is 24.8 Å². The molecule has 106 valence electrons. The molecule has 1 atom stereocenters. The number of ether oxygens (including phenoxy) is 1. The molecular formula is C12H16BrNO4S. The highest BCUT2D eigenvalue weighted by Gasteiger charge is 2.23. The number of hydrogen-bond donors (Lipinski definition) is 1. The number of aliphatic hydroxyl groups is 1. The summed E-state index contributed by atoms with van der Waals surface area (Å²) in [6.45, 7) is 1.95. The molecule has 0 amide bonds. The summed E-state index contributed by atoms with van der Waals surface area (Å²) in [5.74, 6) is 1.08. The zero-order chi connectivity index (χ0) is 14.4. The van der Waals surface area contributed by atoms with E-state index in [1.807, 2.05) is 6.26 Å². The second-order valence-corrected chi connectivity index (χ2v) is 5.87. The molecule has 0 unspecified atom stereocenters. The summed E-state index contributed by atoms with van der Waals surface area (Å²) in [5, 5.41) is 20.8. The molecule has 0 aliphatic heterocycles. The number of benzene rings is 1. The van der Waals surface area contributed by atoms with Crippen LogP contribution in [0.1, 0.15) is 25.0 Å². The summed E-state index contributed by atoms with van der Waals surface area (Å²) in [7, 11) is 0. The Balaban J connectivity index is 3.05. The number of nitro benzene ring substituents is 1. The summed E-state index contributed by atoms with van der Waals surface area (Å²) in [5.41, 5.74) is 0.291. The van der Waals surface area contributed by atoms with Gasteiger partial charge in [0.2, 0.25) is 5.75 Å². The average molecular weight is 350 g/mol. The fraction of sp³-hybridized carbons (Fsp3) is 0.500. The molecule has 0 saturated heterocycles. The fourth-order valence-electron chi connectivity index (χ4n) is 1.58. The van der Waals surface area contributed by atoms with Gasteiger partial charge < -0.3 is 9.84 Å². The van der Waals surface area contributed by atoms with Crippen LogP contribution in [0.25, 0.3) is 0 Å². The SMILES string of the molecule is CSCCCOc1c([C@H](C)O)cc(Br)cc1[N+](=O)[O-]. The van der Waals surface area contributed by atoms with Gasteiger partial charge in [-0.3, -0.25) is 10.1 Å². The fourth-order valence-corrected chi connectivity index (χ4v) is 2.45. The summed E-state index contributed by atoms with van der Waals surface area (Å²) in [4.78, 5) is 10.6. The van der Waals surface area contributed by atoms with Crippen molar-refractivity contribution in [1.82, 2.24) is 0 Å². The van der Waals surface area contributed by atoms with Crippen LogP contribution in [-0.4, -0.2) is 28.6 Å². The predicted octanol–water partition coefficient (Wildman–Crippen LogP) is 3.54. The van der Waals surface area contributed by atoms with Crippen LogP contribution in [0.2, 0.25) is 0 Å². The first-order valence-electron chi connectivity index (χ1n) is 5.75. The molecule has 0 aromatic heterocycles. The van der Waals surface area contributed by atoms with E-state index < -0.39 is 11.0 Å². The van der Waals surface area contributed by atoms with Gasteiger partial charge >= 0.3 is 5.69 Å². The smallest absolute Gasteiger partial charge is 0.312 e. The topological polar surface area (TPSA) is 72.6 Å². The Kier molecular flexibility index (Phi) is 6.60. The minimum absolute atomic E-state index is 0.130. The maximum absolute atomic E-state index is 11.1. The number of aliphatic hydroxyl groups excluding tert-OH is 1. The van der Waals surface area contributed by atoms with Crippen molar-refractivity contribution in [2.75, 3.05) is 18.6 Å². The molecule has 0 saturated carbocycles. The van der Waals surface area contributed by atoms with Crippen LogP contribution in [0, 0.1) is 10.1 Å². The van der Waals surface area contributed by atoms with Crippen LogP contribution in [0.15, 0.2) is 16.6 Å². The lowest BCUT2D eigenvalue weighted by molar-refractivity contribution is -0.386. The van der Waals surface area contributed by atoms with E-state index in [0.717, 1.165) is 12.2 Å². The van der Waals surface area contributed by atoms with Crippen LogP contribution in [0.3, 0.4) is 0 Å². The minimum Gasteiger partial charge on any atom is -0.487 e. The largest absolute Gasteiger partial charge is 0.487 e. The van der Waals surface area contributed by atoms with Gasteiger partial charge in [0.15, 0.2) is 0 Å². The van der Waals surface area contributed by atoms with E-state index in [9.17, 15) is 15.2 Å². The zero-order valence-corrected chi connectivity index (χ0v) is 13.2. The first-order chi connectivity index (χ1) is 8.97. The van der Waals surface area contributed by atoms with Crippen LogP contribution in [0.5, 0.6) is 5.75 Å². The van der Waals surface area contributed by atoms with Crippen molar-refractivity contribution in [1.29, 1.82) is 0 Å². The zero-order valence-electron chi connectivity index (χ0n) is 10.8. The highest BCUT2D eigenvalue weighted by molar-refractivity contribution is 9.10. The summed E-state index contributed by atoms with van der Waals surface area (Å²) >= 11 is 4.89. The van der Waals surface area contributed by atoms with Crippen LogP contribution < -0.4 is 4.74 Å². The number of nitro groups is 1. The molecule has 5 nitrogen and oxygen atoms in total. The summed E-state index contributed by atoms with van der Waals surface area (Å²) in [6, 6.07) is 3.03. The van der Waals surface area contributed by atoms with Gasteiger partial charge in [-0.1, -0.05) is 15.9 Å². The van der Waals surface area contributed by atoms with Crippen molar-refractivity contribution in [2.24, 2.45) is 0 Å². The normalized spacial score (nSPS) is 12.2. The van der Waals surface area contributed by atoms with Gasteiger partial charge in [0, 0.05) is 16.1 Å². The molecule has 1 aromatic carbocycles. The molecule has 1 N–H and O–H groups in total. The minimum atomic E-state index is -0.827. The van der Waals surface area contributed by atoms with E-state index in [0.29, 0.717) is 16.6 Å². The molecule has 0 fully saturated rings. The van der Waals surface area contributed by atoms with Crippen LogP contribution in [-0.2, 0) is 0 Å². The van der Waals surface area contributed by atoms with Crippen molar-refractivity contribution in [3.8, 4) is 5.75 Å². The van der Waals surface area contributed by atoms with E-state index in [1.165, 1.54) is 6.07 Å². The lowest BCUT2D eigenvalue weighted by Crippen LogP contribution is -2.06. The van der Waals surface area contributed by atoms with E-state index in [4.69, 9.17) is 4.74 Å². The second kappa shape index (κ2) is 7.72. The molecule has 0 spiro atoms. The Bertz CT molecular complexity index is 454. The third-order valence-electron chi connectivity index (χ3n) is 2.45. The molecular weight excluding hydrogens is 334 g/mol. The van der Waals surface area contributed by atoms with Crippen molar-refractivity contribution < 1.29 is 14.8 Å². The van der Waals surface area contributed by atoms with Crippen molar-refractivity contribution >= 4 is 33.4 Å². The highest BCUT2D eigenvalue weighted by atomic mass is 79.9. The first kappa shape index (κ1) is 16.3. The number of rotatable bonds is 7. The molecule has 0 bridgehead atoms. The maximum atomic E-state index is 11.1. The highest BCUT2D eigenvalue weighted by Crippen LogP contribution is 2.37. The summed E-state index contributed by atoms with van der Waals surface area (Å²) in [6.07, 6.45) is 1.96. The van der Waals surface area contributed by atoms with E-state index in [-0.39, 0.29) is 11.4 Å².